The van der Waals surface area contributed by atoms with Crippen molar-refractivity contribution in [2.45, 2.75) is 26.0 Å². The third kappa shape index (κ3) is 2.42. The van der Waals surface area contributed by atoms with Crippen molar-refractivity contribution in [3.8, 4) is 0 Å². The fraction of sp³-hybridized carbons (Fsp3) is 0.545. The Bertz CT molecular complexity index is 402. The highest BCUT2D eigenvalue weighted by molar-refractivity contribution is 7.14. The summed E-state index contributed by atoms with van der Waals surface area (Å²) in [6, 6.07) is 1.74. The summed E-state index contributed by atoms with van der Waals surface area (Å²) in [4.78, 5) is 14.4. The lowest BCUT2D eigenvalue weighted by molar-refractivity contribution is 0.0702. The highest BCUT2D eigenvalue weighted by atomic mass is 32.1. The number of thiophene rings is 1. The Morgan fingerprint density at radius 3 is 2.94 bits per heavy atom. The van der Waals surface area contributed by atoms with E-state index in [0.29, 0.717) is 11.4 Å². The van der Waals surface area contributed by atoms with E-state index in [1.165, 1.54) is 11.3 Å². The van der Waals surface area contributed by atoms with E-state index >= 15 is 0 Å². The van der Waals surface area contributed by atoms with Crippen LogP contribution in [0.4, 0.5) is 0 Å². The average Bonchev–Trinajstić information content (AvgIpc) is 2.75. The third-order valence-corrected chi connectivity index (χ3v) is 3.95. The quantitative estimate of drug-likeness (QED) is 0.838. The molecular formula is C11H15NO3S. The van der Waals surface area contributed by atoms with Gasteiger partial charge in [-0.1, -0.05) is 0 Å². The molecule has 88 valence electrons. The number of hydrogen-bond donors (Lipinski definition) is 2. The number of carbonyl (C=O) groups is 1. The first-order chi connectivity index (χ1) is 7.56. The zero-order valence-electron chi connectivity index (χ0n) is 9.14. The van der Waals surface area contributed by atoms with E-state index < -0.39 is 5.97 Å². The van der Waals surface area contributed by atoms with Crippen molar-refractivity contribution in [2.75, 3.05) is 13.1 Å². The second-order valence-corrected chi connectivity index (χ2v) is 5.43. The Balaban J connectivity index is 2.06. The second kappa shape index (κ2) is 4.53. The van der Waals surface area contributed by atoms with Crippen molar-refractivity contribution in [1.82, 2.24) is 4.90 Å². The third-order valence-electron chi connectivity index (χ3n) is 2.87. The minimum absolute atomic E-state index is 0.224. The second-order valence-electron chi connectivity index (χ2n) is 4.17. The van der Waals surface area contributed by atoms with Crippen molar-refractivity contribution >= 4 is 17.3 Å². The van der Waals surface area contributed by atoms with E-state index in [1.54, 1.807) is 6.07 Å². The summed E-state index contributed by atoms with van der Waals surface area (Å²) in [7, 11) is 0. The number of likely N-dealkylation sites (tertiary alicyclic amines) is 1. The van der Waals surface area contributed by atoms with Crippen LogP contribution in [0.5, 0.6) is 0 Å². The first-order valence-electron chi connectivity index (χ1n) is 5.29. The molecule has 0 amide bonds. The van der Waals surface area contributed by atoms with Gasteiger partial charge in [-0.3, -0.25) is 4.90 Å². The van der Waals surface area contributed by atoms with E-state index in [9.17, 15) is 9.90 Å². The minimum atomic E-state index is -0.860. The molecule has 1 saturated heterocycles. The van der Waals surface area contributed by atoms with Crippen LogP contribution >= 0.6 is 11.3 Å². The zero-order chi connectivity index (χ0) is 11.7. The molecule has 0 aromatic carbocycles. The molecule has 1 atom stereocenters. The Morgan fingerprint density at radius 2 is 2.44 bits per heavy atom. The molecule has 1 unspecified atom stereocenters. The molecule has 2 heterocycles. The zero-order valence-corrected chi connectivity index (χ0v) is 9.96. The van der Waals surface area contributed by atoms with Gasteiger partial charge < -0.3 is 10.2 Å². The Kier molecular flexibility index (Phi) is 3.28. The van der Waals surface area contributed by atoms with E-state index in [-0.39, 0.29) is 6.10 Å². The van der Waals surface area contributed by atoms with Crippen LogP contribution in [0.25, 0.3) is 0 Å². The maximum atomic E-state index is 10.8. The summed E-state index contributed by atoms with van der Waals surface area (Å²) in [6.07, 6.45) is 0.590. The van der Waals surface area contributed by atoms with Crippen LogP contribution in [-0.2, 0) is 6.54 Å². The molecule has 2 N–H and O–H groups in total. The highest BCUT2D eigenvalue weighted by Crippen LogP contribution is 2.24. The summed E-state index contributed by atoms with van der Waals surface area (Å²) in [6.45, 7) is 4.27. The lowest BCUT2D eigenvalue weighted by Gasteiger charge is -2.14. The van der Waals surface area contributed by atoms with Crippen LogP contribution in [0.3, 0.4) is 0 Å². The minimum Gasteiger partial charge on any atom is -0.477 e. The van der Waals surface area contributed by atoms with E-state index in [0.717, 1.165) is 30.0 Å². The fourth-order valence-corrected chi connectivity index (χ4v) is 2.85. The predicted molar refractivity (Wildman–Crippen MR) is 61.9 cm³/mol. The number of aromatic carboxylic acids is 1. The molecule has 1 aromatic heterocycles. The number of nitrogens with zero attached hydrogens (tertiary/aromatic N) is 1. The van der Waals surface area contributed by atoms with E-state index in [2.05, 4.69) is 4.90 Å². The lowest BCUT2D eigenvalue weighted by atomic mass is 10.2. The molecule has 1 aliphatic heterocycles. The van der Waals surface area contributed by atoms with Gasteiger partial charge in [-0.05, 0) is 25.0 Å². The van der Waals surface area contributed by atoms with Crippen molar-refractivity contribution in [3.63, 3.8) is 0 Å². The summed E-state index contributed by atoms with van der Waals surface area (Å²) in [5.41, 5.74) is 1.07. The van der Waals surface area contributed by atoms with Gasteiger partial charge in [0.05, 0.1) is 6.10 Å². The van der Waals surface area contributed by atoms with Gasteiger partial charge in [0.25, 0.3) is 0 Å². The number of rotatable bonds is 3. The van der Waals surface area contributed by atoms with Crippen LogP contribution < -0.4 is 0 Å². The molecule has 0 saturated carbocycles. The molecule has 4 nitrogen and oxygen atoms in total. The molecule has 0 bridgehead atoms. The van der Waals surface area contributed by atoms with Gasteiger partial charge in [0.2, 0.25) is 0 Å². The topological polar surface area (TPSA) is 60.8 Å². The molecular weight excluding hydrogens is 226 g/mol. The molecule has 1 aliphatic rings. The first kappa shape index (κ1) is 11.6. The van der Waals surface area contributed by atoms with Crippen LogP contribution in [0.15, 0.2) is 6.07 Å². The number of aryl methyl sites for hydroxylation is 1. The predicted octanol–water partition coefficient (Wildman–Crippen LogP) is 1.32. The van der Waals surface area contributed by atoms with Gasteiger partial charge in [0.15, 0.2) is 0 Å². The van der Waals surface area contributed by atoms with Crippen LogP contribution in [-0.4, -0.2) is 40.3 Å². The first-order valence-corrected chi connectivity index (χ1v) is 6.11. The maximum Gasteiger partial charge on any atom is 0.345 e. The number of aliphatic hydroxyl groups is 1. The van der Waals surface area contributed by atoms with Crippen molar-refractivity contribution in [1.29, 1.82) is 0 Å². The van der Waals surface area contributed by atoms with Gasteiger partial charge in [-0.25, -0.2) is 4.79 Å². The largest absolute Gasteiger partial charge is 0.477 e. The summed E-state index contributed by atoms with van der Waals surface area (Å²) >= 11 is 1.32. The molecule has 1 fully saturated rings. The Labute approximate surface area is 98.1 Å². The van der Waals surface area contributed by atoms with Crippen molar-refractivity contribution in [2.24, 2.45) is 0 Å². The van der Waals surface area contributed by atoms with Gasteiger partial charge in [-0.2, -0.15) is 0 Å². The van der Waals surface area contributed by atoms with E-state index in [4.69, 9.17) is 5.11 Å². The number of aliphatic hydroxyl groups excluding tert-OH is 1. The molecule has 5 heteroatoms. The summed E-state index contributed by atoms with van der Waals surface area (Å²) in [5.74, 6) is -0.860. The average molecular weight is 241 g/mol. The molecule has 0 aliphatic carbocycles. The number of hydrogen-bond acceptors (Lipinski definition) is 4. The van der Waals surface area contributed by atoms with Crippen LogP contribution in [0, 0.1) is 6.92 Å². The molecule has 0 spiro atoms. The smallest absolute Gasteiger partial charge is 0.345 e. The van der Waals surface area contributed by atoms with Crippen molar-refractivity contribution < 1.29 is 15.0 Å². The summed E-state index contributed by atoms with van der Waals surface area (Å²) < 4.78 is 0. The van der Waals surface area contributed by atoms with Crippen molar-refractivity contribution in [3.05, 3.63) is 21.4 Å². The Hall–Kier alpha value is -0.910. The summed E-state index contributed by atoms with van der Waals surface area (Å²) in [5, 5.41) is 18.3. The molecule has 16 heavy (non-hydrogen) atoms. The van der Waals surface area contributed by atoms with Crippen LogP contribution in [0.2, 0.25) is 0 Å². The fourth-order valence-electron chi connectivity index (χ4n) is 1.98. The van der Waals surface area contributed by atoms with Gasteiger partial charge in [0, 0.05) is 24.5 Å². The monoisotopic (exact) mass is 241 g/mol. The SMILES string of the molecule is Cc1sc(C(=O)O)cc1CN1CCC(O)C1. The number of carboxylic acids is 1. The molecule has 0 radical (unpaired) electrons. The standard InChI is InChI=1S/C11H15NO3S/c1-7-8(4-10(16-7)11(14)15)5-12-3-2-9(13)6-12/h4,9,13H,2-3,5-6H2,1H3,(H,14,15). The van der Waals surface area contributed by atoms with Gasteiger partial charge >= 0.3 is 5.97 Å². The van der Waals surface area contributed by atoms with Crippen LogP contribution in [0.1, 0.15) is 26.5 Å². The van der Waals surface area contributed by atoms with Gasteiger partial charge in [-0.15, -0.1) is 11.3 Å². The van der Waals surface area contributed by atoms with Gasteiger partial charge in [0.1, 0.15) is 4.88 Å². The maximum absolute atomic E-state index is 10.8. The molecule has 2 rings (SSSR count). The molecule has 1 aromatic rings. The number of carboxylic acid groups (broad SMARTS) is 1. The lowest BCUT2D eigenvalue weighted by Crippen LogP contribution is -2.21. The Morgan fingerprint density at radius 1 is 1.69 bits per heavy atom. The highest BCUT2D eigenvalue weighted by Gasteiger charge is 2.21. The van der Waals surface area contributed by atoms with E-state index in [1.807, 2.05) is 6.92 Å². The number of β-amino-alcohol motifs (C(OH)–C–C–N with tert-alkyl or cyclic N) is 1. The normalized spacial score (nSPS) is 21.5.